The van der Waals surface area contributed by atoms with Crippen LogP contribution in [0.25, 0.3) is 0 Å². The molecule has 0 aromatic carbocycles. The van der Waals surface area contributed by atoms with Crippen LogP contribution in [0.5, 0.6) is 0 Å². The molecule has 6 heteroatoms. The fourth-order valence-corrected chi connectivity index (χ4v) is 4.86. The number of piperidine rings is 1. The summed E-state index contributed by atoms with van der Waals surface area (Å²) in [6.07, 6.45) is 1.84. The van der Waals surface area contributed by atoms with Crippen LogP contribution in [0.1, 0.15) is 26.2 Å². The molecule has 0 saturated carbocycles. The number of carbonyl (C=O) groups excluding carboxylic acids is 1. The minimum atomic E-state index is -3.33. The van der Waals surface area contributed by atoms with Crippen LogP contribution in [0.4, 0.5) is 0 Å². The Bertz CT molecular complexity index is 499. The van der Waals surface area contributed by atoms with Crippen molar-refractivity contribution in [3.63, 3.8) is 0 Å². The lowest BCUT2D eigenvalue weighted by Crippen LogP contribution is -2.39. The Morgan fingerprint density at radius 2 is 2.11 bits per heavy atom. The highest BCUT2D eigenvalue weighted by Gasteiger charge is 2.31. The van der Waals surface area contributed by atoms with E-state index in [1.165, 1.54) is 15.6 Å². The summed E-state index contributed by atoms with van der Waals surface area (Å²) in [5, 5.41) is 1.76. The van der Waals surface area contributed by atoms with E-state index in [-0.39, 0.29) is 11.7 Å². The molecule has 1 aliphatic heterocycles. The van der Waals surface area contributed by atoms with Crippen molar-refractivity contribution in [3.8, 4) is 0 Å². The zero-order valence-electron chi connectivity index (χ0n) is 10.3. The van der Waals surface area contributed by atoms with Gasteiger partial charge in [0.2, 0.25) is 0 Å². The Labute approximate surface area is 112 Å². The fourth-order valence-electron chi connectivity index (χ4n) is 2.24. The Kier molecular flexibility index (Phi) is 4.19. The van der Waals surface area contributed by atoms with Gasteiger partial charge in [-0.3, -0.25) is 4.79 Å². The molecule has 1 aromatic rings. The third-order valence-corrected chi connectivity index (χ3v) is 6.62. The second kappa shape index (κ2) is 5.50. The molecule has 2 heterocycles. The molecular weight excluding hydrogens is 270 g/mol. The highest BCUT2D eigenvalue weighted by molar-refractivity contribution is 7.91. The van der Waals surface area contributed by atoms with Crippen molar-refractivity contribution in [3.05, 3.63) is 17.5 Å². The maximum absolute atomic E-state index is 12.2. The van der Waals surface area contributed by atoms with E-state index in [0.717, 1.165) is 0 Å². The number of rotatable bonds is 4. The van der Waals surface area contributed by atoms with E-state index in [2.05, 4.69) is 0 Å². The summed E-state index contributed by atoms with van der Waals surface area (Å²) in [5.41, 5.74) is 0. The molecule has 0 amide bonds. The third kappa shape index (κ3) is 2.65. The van der Waals surface area contributed by atoms with Crippen LogP contribution in [-0.2, 0) is 14.8 Å². The van der Waals surface area contributed by atoms with Crippen molar-refractivity contribution >= 4 is 27.1 Å². The molecule has 0 bridgehead atoms. The van der Waals surface area contributed by atoms with E-state index in [0.29, 0.717) is 36.6 Å². The first-order valence-electron chi connectivity index (χ1n) is 6.12. The average molecular weight is 287 g/mol. The van der Waals surface area contributed by atoms with Gasteiger partial charge in [-0.15, -0.1) is 11.3 Å². The van der Waals surface area contributed by atoms with Gasteiger partial charge in [-0.1, -0.05) is 13.0 Å². The average Bonchev–Trinajstić information content (AvgIpc) is 2.92. The predicted molar refractivity (Wildman–Crippen MR) is 71.1 cm³/mol. The molecule has 0 aliphatic carbocycles. The van der Waals surface area contributed by atoms with Gasteiger partial charge in [0, 0.05) is 25.4 Å². The summed E-state index contributed by atoms with van der Waals surface area (Å²) in [6, 6.07) is 3.37. The largest absolute Gasteiger partial charge is 0.299 e. The van der Waals surface area contributed by atoms with Gasteiger partial charge in [-0.25, -0.2) is 8.42 Å². The summed E-state index contributed by atoms with van der Waals surface area (Å²) in [6.45, 7) is 2.77. The minimum Gasteiger partial charge on any atom is -0.299 e. The number of hydrogen-bond acceptors (Lipinski definition) is 4. The van der Waals surface area contributed by atoms with Gasteiger partial charge in [-0.2, -0.15) is 4.31 Å². The zero-order valence-corrected chi connectivity index (χ0v) is 12.0. The van der Waals surface area contributed by atoms with Crippen LogP contribution in [0.15, 0.2) is 21.7 Å². The molecule has 1 saturated heterocycles. The first-order chi connectivity index (χ1) is 8.55. The number of sulfonamides is 1. The molecule has 4 nitrogen and oxygen atoms in total. The fraction of sp³-hybridized carbons (Fsp3) is 0.583. The molecule has 0 unspecified atom stereocenters. The monoisotopic (exact) mass is 287 g/mol. The van der Waals surface area contributed by atoms with Crippen LogP contribution in [0.3, 0.4) is 0 Å². The van der Waals surface area contributed by atoms with Crippen molar-refractivity contribution in [1.82, 2.24) is 4.31 Å². The summed E-state index contributed by atoms with van der Waals surface area (Å²) in [7, 11) is -3.33. The molecule has 0 radical (unpaired) electrons. The highest BCUT2D eigenvalue weighted by atomic mass is 32.2. The van der Waals surface area contributed by atoms with Crippen LogP contribution in [-0.4, -0.2) is 31.6 Å². The quantitative estimate of drug-likeness (QED) is 0.852. The standard InChI is InChI=1S/C12H17NO3S2/c1-2-11(14)10-5-7-13(8-6-10)18(15,16)12-4-3-9-17-12/h3-4,9-10H,2,5-8H2,1H3. The van der Waals surface area contributed by atoms with Crippen LogP contribution >= 0.6 is 11.3 Å². The Morgan fingerprint density at radius 3 is 2.61 bits per heavy atom. The third-order valence-electron chi connectivity index (χ3n) is 3.35. The maximum Gasteiger partial charge on any atom is 0.252 e. The van der Waals surface area contributed by atoms with E-state index >= 15 is 0 Å². The SMILES string of the molecule is CCC(=O)C1CCN(S(=O)(=O)c2cccs2)CC1. The van der Waals surface area contributed by atoms with E-state index in [1.54, 1.807) is 17.5 Å². The smallest absolute Gasteiger partial charge is 0.252 e. The van der Waals surface area contributed by atoms with E-state index in [4.69, 9.17) is 0 Å². The number of carbonyl (C=O) groups is 1. The molecule has 18 heavy (non-hydrogen) atoms. The first-order valence-corrected chi connectivity index (χ1v) is 8.44. The summed E-state index contributed by atoms with van der Waals surface area (Å²) in [4.78, 5) is 11.6. The maximum atomic E-state index is 12.2. The van der Waals surface area contributed by atoms with Crippen LogP contribution in [0, 0.1) is 5.92 Å². The number of nitrogens with zero attached hydrogens (tertiary/aromatic N) is 1. The molecule has 1 fully saturated rings. The highest BCUT2D eigenvalue weighted by Crippen LogP contribution is 2.26. The number of hydrogen-bond donors (Lipinski definition) is 0. The van der Waals surface area contributed by atoms with Gasteiger partial charge in [-0.05, 0) is 24.3 Å². The van der Waals surface area contributed by atoms with Gasteiger partial charge < -0.3 is 0 Å². The van der Waals surface area contributed by atoms with E-state index in [1.807, 2.05) is 6.92 Å². The summed E-state index contributed by atoms with van der Waals surface area (Å²) in [5.74, 6) is 0.299. The Hall–Kier alpha value is -0.720. The first kappa shape index (κ1) is 13.7. The van der Waals surface area contributed by atoms with Crippen LogP contribution < -0.4 is 0 Å². The topological polar surface area (TPSA) is 54.5 Å². The normalized spacial score (nSPS) is 18.9. The molecule has 2 rings (SSSR count). The molecule has 0 N–H and O–H groups in total. The second-order valence-corrected chi connectivity index (χ2v) is 7.54. The van der Waals surface area contributed by atoms with E-state index in [9.17, 15) is 13.2 Å². The molecule has 1 aliphatic rings. The van der Waals surface area contributed by atoms with Crippen molar-refractivity contribution in [2.45, 2.75) is 30.4 Å². The van der Waals surface area contributed by atoms with E-state index < -0.39 is 10.0 Å². The van der Waals surface area contributed by atoms with Crippen LogP contribution in [0.2, 0.25) is 0 Å². The van der Waals surface area contributed by atoms with Gasteiger partial charge in [0.1, 0.15) is 9.99 Å². The van der Waals surface area contributed by atoms with Gasteiger partial charge in [0.05, 0.1) is 0 Å². The number of ketones is 1. The van der Waals surface area contributed by atoms with Gasteiger partial charge in [0.25, 0.3) is 10.0 Å². The lowest BCUT2D eigenvalue weighted by Gasteiger charge is -2.29. The molecule has 1 aromatic heterocycles. The number of Topliss-reactive ketones (excluding diaryl/α,β-unsaturated/α-hetero) is 1. The summed E-state index contributed by atoms with van der Waals surface area (Å²) >= 11 is 1.24. The molecular formula is C12H17NO3S2. The lowest BCUT2D eigenvalue weighted by atomic mass is 9.92. The lowest BCUT2D eigenvalue weighted by molar-refractivity contribution is -0.123. The zero-order chi connectivity index (χ0) is 13.2. The van der Waals surface area contributed by atoms with Crippen molar-refractivity contribution in [2.24, 2.45) is 5.92 Å². The van der Waals surface area contributed by atoms with Crippen molar-refractivity contribution in [2.75, 3.05) is 13.1 Å². The van der Waals surface area contributed by atoms with Crippen molar-refractivity contribution < 1.29 is 13.2 Å². The Morgan fingerprint density at radius 1 is 1.44 bits per heavy atom. The molecule has 0 atom stereocenters. The predicted octanol–water partition coefficient (Wildman–Crippen LogP) is 2.13. The van der Waals surface area contributed by atoms with Gasteiger partial charge >= 0.3 is 0 Å². The molecule has 0 spiro atoms. The van der Waals surface area contributed by atoms with Crippen molar-refractivity contribution in [1.29, 1.82) is 0 Å². The van der Waals surface area contributed by atoms with Gasteiger partial charge in [0.15, 0.2) is 0 Å². The Balaban J connectivity index is 2.04. The molecule has 100 valence electrons. The number of thiophene rings is 1. The summed E-state index contributed by atoms with van der Waals surface area (Å²) < 4.78 is 26.4. The second-order valence-electron chi connectivity index (χ2n) is 4.43. The minimum absolute atomic E-state index is 0.0461.